The van der Waals surface area contributed by atoms with Crippen molar-refractivity contribution in [2.45, 2.75) is 26.2 Å². The van der Waals surface area contributed by atoms with Crippen LogP contribution in [0.4, 0.5) is 0 Å². The molecule has 1 aromatic carbocycles. The summed E-state index contributed by atoms with van der Waals surface area (Å²) in [6.45, 7) is 4.47. The predicted molar refractivity (Wildman–Crippen MR) is 68.0 cm³/mol. The number of alkyl halides is 1. The van der Waals surface area contributed by atoms with Gasteiger partial charge in [-0.3, -0.25) is 0 Å². The Labute approximate surface area is 95.2 Å². The molecule has 1 aromatic rings. The first-order chi connectivity index (χ1) is 6.75. The van der Waals surface area contributed by atoms with Gasteiger partial charge in [-0.05, 0) is 23.5 Å². The highest BCUT2D eigenvalue weighted by atomic mass is 79.9. The smallest absolute Gasteiger partial charge is 0.00660 e. The van der Waals surface area contributed by atoms with Gasteiger partial charge in [-0.25, -0.2) is 0 Å². The molecule has 0 saturated carbocycles. The summed E-state index contributed by atoms with van der Waals surface area (Å²) >= 11 is 3.42. The highest BCUT2D eigenvalue weighted by Crippen LogP contribution is 2.20. The third kappa shape index (κ3) is 3.30. The summed E-state index contributed by atoms with van der Waals surface area (Å²) in [6.07, 6.45) is 5.53. The van der Waals surface area contributed by atoms with Crippen molar-refractivity contribution in [3.63, 3.8) is 0 Å². The molecule has 0 aliphatic heterocycles. The lowest BCUT2D eigenvalue weighted by molar-refractivity contribution is 0.864. The maximum absolute atomic E-state index is 3.42. The van der Waals surface area contributed by atoms with Crippen LogP contribution in [0.15, 0.2) is 30.3 Å². The monoisotopic (exact) mass is 252 g/mol. The van der Waals surface area contributed by atoms with E-state index in [0.717, 1.165) is 11.8 Å². The fourth-order valence-corrected chi connectivity index (χ4v) is 1.73. The summed E-state index contributed by atoms with van der Waals surface area (Å²) in [5.74, 6) is 0.597. The molecule has 0 heterocycles. The van der Waals surface area contributed by atoms with E-state index in [2.05, 4.69) is 66.2 Å². The molecule has 0 N–H and O–H groups in total. The van der Waals surface area contributed by atoms with Crippen LogP contribution in [0.3, 0.4) is 0 Å². The van der Waals surface area contributed by atoms with E-state index in [1.807, 2.05) is 0 Å². The maximum Gasteiger partial charge on any atom is 0.00660 e. The Bertz CT molecular complexity index is 300. The molecule has 14 heavy (non-hydrogen) atoms. The Kier molecular flexibility index (Phi) is 4.95. The summed E-state index contributed by atoms with van der Waals surface area (Å²) in [5.41, 5.74) is 2.78. The zero-order valence-corrected chi connectivity index (χ0v) is 10.4. The van der Waals surface area contributed by atoms with Gasteiger partial charge in [-0.1, -0.05) is 66.2 Å². The number of benzene rings is 1. The topological polar surface area (TPSA) is 0 Å². The first kappa shape index (κ1) is 11.5. The van der Waals surface area contributed by atoms with Crippen LogP contribution < -0.4 is 0 Å². The Morgan fingerprint density at radius 1 is 1.29 bits per heavy atom. The third-order valence-corrected chi connectivity index (χ3v) is 2.65. The second-order valence-corrected chi connectivity index (χ2v) is 4.46. The van der Waals surface area contributed by atoms with Crippen LogP contribution >= 0.6 is 15.9 Å². The molecule has 0 aliphatic rings. The lowest BCUT2D eigenvalue weighted by atomic mass is 9.97. The number of halogens is 1. The highest BCUT2D eigenvalue weighted by Gasteiger charge is 2.01. The molecule has 0 radical (unpaired) electrons. The van der Waals surface area contributed by atoms with Crippen LogP contribution in [0.5, 0.6) is 0 Å². The quantitative estimate of drug-likeness (QED) is 0.687. The zero-order valence-electron chi connectivity index (χ0n) is 8.83. The lowest BCUT2D eigenvalue weighted by Crippen LogP contribution is -1.90. The van der Waals surface area contributed by atoms with Crippen molar-refractivity contribution in [2.24, 2.45) is 0 Å². The number of rotatable bonds is 4. The molecule has 0 bridgehead atoms. The minimum Gasteiger partial charge on any atom is -0.0925 e. The normalized spacial score (nSPS) is 11.4. The van der Waals surface area contributed by atoms with Gasteiger partial charge in [-0.2, -0.15) is 0 Å². The molecule has 0 unspecified atom stereocenters. The Morgan fingerprint density at radius 3 is 2.64 bits per heavy atom. The SMILES string of the molecule is CC(C)c1ccccc1C=CCCBr. The van der Waals surface area contributed by atoms with Crippen LogP contribution in [0.1, 0.15) is 37.3 Å². The van der Waals surface area contributed by atoms with Crippen molar-refractivity contribution in [1.29, 1.82) is 0 Å². The van der Waals surface area contributed by atoms with Gasteiger partial charge in [0.15, 0.2) is 0 Å². The van der Waals surface area contributed by atoms with Gasteiger partial charge in [0.25, 0.3) is 0 Å². The summed E-state index contributed by atoms with van der Waals surface area (Å²) in [7, 11) is 0. The molecule has 1 heteroatoms. The molecule has 0 spiro atoms. The summed E-state index contributed by atoms with van der Waals surface area (Å²) < 4.78 is 0. The predicted octanol–water partition coefficient (Wildman–Crippen LogP) is 4.61. The molecule has 0 fully saturated rings. The summed E-state index contributed by atoms with van der Waals surface area (Å²) in [5, 5.41) is 1.04. The molecule has 76 valence electrons. The Hall–Kier alpha value is -0.560. The molecule has 0 nitrogen and oxygen atoms in total. The summed E-state index contributed by atoms with van der Waals surface area (Å²) in [6, 6.07) is 8.59. The molecule has 0 aromatic heterocycles. The highest BCUT2D eigenvalue weighted by molar-refractivity contribution is 9.09. The number of hydrogen-bond donors (Lipinski definition) is 0. The lowest BCUT2D eigenvalue weighted by Gasteiger charge is -2.08. The molecular weight excluding hydrogens is 236 g/mol. The van der Waals surface area contributed by atoms with Crippen molar-refractivity contribution in [3.05, 3.63) is 41.5 Å². The van der Waals surface area contributed by atoms with Crippen molar-refractivity contribution >= 4 is 22.0 Å². The van der Waals surface area contributed by atoms with Crippen LogP contribution in [-0.2, 0) is 0 Å². The van der Waals surface area contributed by atoms with Gasteiger partial charge in [0.1, 0.15) is 0 Å². The van der Waals surface area contributed by atoms with E-state index in [1.54, 1.807) is 0 Å². The first-order valence-corrected chi connectivity index (χ1v) is 6.19. The zero-order chi connectivity index (χ0) is 10.4. The average molecular weight is 253 g/mol. The van der Waals surface area contributed by atoms with Crippen molar-refractivity contribution in [3.8, 4) is 0 Å². The molecular formula is C13H17Br. The Balaban J connectivity index is 2.84. The van der Waals surface area contributed by atoms with E-state index in [-0.39, 0.29) is 0 Å². The van der Waals surface area contributed by atoms with E-state index < -0.39 is 0 Å². The Morgan fingerprint density at radius 2 is 2.00 bits per heavy atom. The van der Waals surface area contributed by atoms with Crippen LogP contribution in [0.25, 0.3) is 6.08 Å². The second kappa shape index (κ2) is 6.02. The fraction of sp³-hybridized carbons (Fsp3) is 0.385. The fourth-order valence-electron chi connectivity index (χ4n) is 1.46. The van der Waals surface area contributed by atoms with Gasteiger partial charge in [0, 0.05) is 5.33 Å². The molecule has 0 atom stereocenters. The number of hydrogen-bond acceptors (Lipinski definition) is 0. The number of allylic oxidation sites excluding steroid dienone is 1. The largest absolute Gasteiger partial charge is 0.0925 e. The van der Waals surface area contributed by atoms with Gasteiger partial charge in [0.05, 0.1) is 0 Å². The van der Waals surface area contributed by atoms with Gasteiger partial charge >= 0.3 is 0 Å². The molecule has 0 aliphatic carbocycles. The third-order valence-electron chi connectivity index (χ3n) is 2.19. The van der Waals surface area contributed by atoms with Crippen LogP contribution in [0.2, 0.25) is 0 Å². The van der Waals surface area contributed by atoms with Crippen LogP contribution in [0, 0.1) is 0 Å². The standard InChI is InChI=1S/C13H17Br/c1-11(2)13-9-4-3-7-12(13)8-5-6-10-14/h3-5,7-9,11H,6,10H2,1-2H3. The molecule has 0 amide bonds. The minimum atomic E-state index is 0.597. The van der Waals surface area contributed by atoms with Crippen molar-refractivity contribution in [1.82, 2.24) is 0 Å². The molecule has 1 rings (SSSR count). The van der Waals surface area contributed by atoms with Crippen molar-refractivity contribution < 1.29 is 0 Å². The van der Waals surface area contributed by atoms with E-state index >= 15 is 0 Å². The maximum atomic E-state index is 3.42. The van der Waals surface area contributed by atoms with Crippen molar-refractivity contribution in [2.75, 3.05) is 5.33 Å². The second-order valence-electron chi connectivity index (χ2n) is 3.66. The average Bonchev–Trinajstić information content (AvgIpc) is 2.19. The van der Waals surface area contributed by atoms with Crippen LogP contribution in [-0.4, -0.2) is 5.33 Å². The summed E-state index contributed by atoms with van der Waals surface area (Å²) in [4.78, 5) is 0. The van der Waals surface area contributed by atoms with Gasteiger partial charge < -0.3 is 0 Å². The minimum absolute atomic E-state index is 0.597. The van der Waals surface area contributed by atoms with E-state index in [0.29, 0.717) is 5.92 Å². The molecule has 0 saturated heterocycles. The van der Waals surface area contributed by atoms with E-state index in [9.17, 15) is 0 Å². The van der Waals surface area contributed by atoms with Gasteiger partial charge in [0.2, 0.25) is 0 Å². The first-order valence-electron chi connectivity index (χ1n) is 5.07. The van der Waals surface area contributed by atoms with E-state index in [4.69, 9.17) is 0 Å². The van der Waals surface area contributed by atoms with E-state index in [1.165, 1.54) is 11.1 Å². The van der Waals surface area contributed by atoms with Gasteiger partial charge in [-0.15, -0.1) is 0 Å².